The van der Waals surface area contributed by atoms with Crippen molar-refractivity contribution in [2.75, 3.05) is 13.1 Å². The second kappa shape index (κ2) is 23.0. The molecule has 0 saturated carbocycles. The van der Waals surface area contributed by atoms with Crippen LogP contribution in [0.15, 0.2) is 85.0 Å². The molecule has 57 heavy (non-hydrogen) atoms. The smallest absolute Gasteiger partial charge is 0.325 e. The van der Waals surface area contributed by atoms with Crippen molar-refractivity contribution in [3.63, 3.8) is 0 Å². The second-order valence-electron chi connectivity index (χ2n) is 15.0. The fraction of sp³-hybridized carbons (Fsp3) is 0.488. The van der Waals surface area contributed by atoms with E-state index < -0.39 is 71.8 Å². The number of ether oxygens (including phenoxy) is 1. The van der Waals surface area contributed by atoms with Gasteiger partial charge >= 0.3 is 5.97 Å². The zero-order valence-corrected chi connectivity index (χ0v) is 33.6. The number of fused-ring (bicyclic) bond motifs is 2. The molecule has 0 spiro atoms. The van der Waals surface area contributed by atoms with Crippen molar-refractivity contribution in [1.29, 1.82) is 0 Å². The quantitative estimate of drug-likeness (QED) is 0.0877. The standard InChI is InChI=1S/C43H59N5O9/c1-7-24-44-36(51)21-12-16-28(4)35-20-11-9-8-10-15-29(5)39(52)33(23-22-30(6)49)40(53)45-37(27(2)3)41(54)46-38(31-17-13-18-32(50)26-31)42(55)48-25-14-19-34(47-48)43(56)57-35/h7-13,16-18,21,26-27,29,33-35,37-39,47,50,52H,1,14-15,19-20,22-25H2,2-6H3,(H,44,51)(H,45,53)(H,46,54)/b10-8+,11-9+,21-12+,28-16+/t29-,33+,34?,35-,37-,38?,39+/m0/s1. The van der Waals surface area contributed by atoms with Gasteiger partial charge in [-0.15, -0.1) is 6.58 Å². The molecule has 0 radical (unpaired) electrons. The molecule has 2 aliphatic rings. The third kappa shape index (κ3) is 14.6. The first-order valence-electron chi connectivity index (χ1n) is 19.5. The zero-order valence-electron chi connectivity index (χ0n) is 33.6. The van der Waals surface area contributed by atoms with Gasteiger partial charge < -0.3 is 35.7 Å². The number of carbonyl (C=O) groups is 6. The number of allylic oxidation sites excluding steroid dienone is 5. The first kappa shape index (κ1) is 46.0. The Morgan fingerprint density at radius 2 is 1.79 bits per heavy atom. The Bertz CT molecular complexity index is 1720. The average molecular weight is 790 g/mol. The first-order chi connectivity index (χ1) is 27.1. The Kier molecular flexibility index (Phi) is 18.6. The van der Waals surface area contributed by atoms with Crippen molar-refractivity contribution >= 4 is 35.4 Å². The van der Waals surface area contributed by atoms with Crippen LogP contribution >= 0.6 is 0 Å². The number of hydrazine groups is 1. The third-order valence-corrected chi connectivity index (χ3v) is 9.90. The molecule has 2 unspecified atom stereocenters. The Balaban J connectivity index is 2.05. The van der Waals surface area contributed by atoms with E-state index in [1.807, 2.05) is 12.2 Å². The fourth-order valence-electron chi connectivity index (χ4n) is 6.47. The highest BCUT2D eigenvalue weighted by molar-refractivity contribution is 5.93. The van der Waals surface area contributed by atoms with Gasteiger partial charge in [0, 0.05) is 32.0 Å². The van der Waals surface area contributed by atoms with E-state index in [0.29, 0.717) is 31.4 Å². The number of carbonyl (C=O) groups excluding carboxylic acids is 6. The van der Waals surface area contributed by atoms with Crippen LogP contribution in [0.2, 0.25) is 0 Å². The summed E-state index contributed by atoms with van der Waals surface area (Å²) < 4.78 is 6.01. The lowest BCUT2D eigenvalue weighted by Crippen LogP contribution is -2.59. The lowest BCUT2D eigenvalue weighted by Gasteiger charge is -2.36. The topological polar surface area (TPSA) is 203 Å². The summed E-state index contributed by atoms with van der Waals surface area (Å²) in [4.78, 5) is 80.0. The van der Waals surface area contributed by atoms with Crippen molar-refractivity contribution in [2.45, 2.75) is 103 Å². The van der Waals surface area contributed by atoms with Crippen LogP contribution in [0, 0.1) is 17.8 Å². The van der Waals surface area contributed by atoms with Gasteiger partial charge in [0.15, 0.2) is 0 Å². The summed E-state index contributed by atoms with van der Waals surface area (Å²) >= 11 is 0. The molecule has 310 valence electrons. The molecule has 3 rings (SSSR count). The molecule has 14 heteroatoms. The molecule has 2 heterocycles. The van der Waals surface area contributed by atoms with Crippen molar-refractivity contribution < 1.29 is 43.7 Å². The number of ketones is 1. The molecule has 1 aromatic rings. The number of hydrogen-bond acceptors (Lipinski definition) is 10. The molecule has 1 aromatic carbocycles. The predicted octanol–water partition coefficient (Wildman–Crippen LogP) is 3.79. The maximum Gasteiger partial charge on any atom is 0.325 e. The van der Waals surface area contributed by atoms with Crippen LogP contribution in [0.5, 0.6) is 5.75 Å². The van der Waals surface area contributed by atoms with Gasteiger partial charge in [0.1, 0.15) is 35.8 Å². The zero-order chi connectivity index (χ0) is 42.1. The Labute approximate surface area is 335 Å². The normalized spacial score (nSPS) is 27.3. The minimum absolute atomic E-state index is 0.0504. The molecule has 1 saturated heterocycles. The van der Waals surface area contributed by atoms with E-state index in [1.54, 1.807) is 64.1 Å². The highest BCUT2D eigenvalue weighted by Gasteiger charge is 2.38. The van der Waals surface area contributed by atoms with E-state index >= 15 is 0 Å². The number of rotatable bonds is 10. The number of aliphatic hydroxyl groups excluding tert-OH is 1. The monoisotopic (exact) mass is 789 g/mol. The predicted molar refractivity (Wildman–Crippen MR) is 216 cm³/mol. The van der Waals surface area contributed by atoms with Gasteiger partial charge in [0.2, 0.25) is 17.7 Å². The molecule has 0 aliphatic carbocycles. The molecule has 6 N–H and O–H groups in total. The molecule has 1 fully saturated rings. The summed E-state index contributed by atoms with van der Waals surface area (Å²) in [7, 11) is 0. The summed E-state index contributed by atoms with van der Waals surface area (Å²) in [6.45, 7) is 12.5. The van der Waals surface area contributed by atoms with Crippen LogP contribution in [0.3, 0.4) is 0 Å². The summed E-state index contributed by atoms with van der Waals surface area (Å²) in [6, 6.07) is 2.47. The van der Waals surface area contributed by atoms with E-state index in [-0.39, 0.29) is 48.8 Å². The Morgan fingerprint density at radius 1 is 1.07 bits per heavy atom. The number of aromatic hydroxyl groups is 1. The second-order valence-corrected chi connectivity index (χ2v) is 15.0. The summed E-state index contributed by atoms with van der Waals surface area (Å²) in [5, 5.41) is 31.2. The summed E-state index contributed by atoms with van der Waals surface area (Å²) in [5.41, 5.74) is 3.90. The van der Waals surface area contributed by atoms with Crippen LogP contribution in [-0.4, -0.2) is 88.0 Å². The molecule has 14 nitrogen and oxygen atoms in total. The molecule has 4 amide bonds. The fourth-order valence-corrected chi connectivity index (χ4v) is 6.47. The minimum atomic E-state index is -1.34. The maximum atomic E-state index is 14.3. The van der Waals surface area contributed by atoms with Crippen molar-refractivity contribution in [1.82, 2.24) is 26.4 Å². The number of amides is 4. The largest absolute Gasteiger partial charge is 0.508 e. The van der Waals surface area contributed by atoms with Crippen LogP contribution in [0.1, 0.15) is 84.7 Å². The highest BCUT2D eigenvalue weighted by Crippen LogP contribution is 2.25. The van der Waals surface area contributed by atoms with Gasteiger partial charge in [0.25, 0.3) is 5.91 Å². The molecule has 2 aliphatic heterocycles. The van der Waals surface area contributed by atoms with Gasteiger partial charge in [-0.1, -0.05) is 75.4 Å². The maximum absolute atomic E-state index is 14.3. The number of cyclic esters (lactones) is 1. The minimum Gasteiger partial charge on any atom is -0.508 e. The van der Waals surface area contributed by atoms with Crippen LogP contribution in [0.25, 0.3) is 0 Å². The average Bonchev–Trinajstić information content (AvgIpc) is 3.17. The van der Waals surface area contributed by atoms with E-state index in [9.17, 15) is 39.0 Å². The molecule has 2 bridgehead atoms. The van der Waals surface area contributed by atoms with E-state index in [0.717, 1.165) is 0 Å². The van der Waals surface area contributed by atoms with E-state index in [4.69, 9.17) is 4.74 Å². The summed E-state index contributed by atoms with van der Waals surface area (Å²) in [6.07, 6.45) is 13.1. The van der Waals surface area contributed by atoms with Gasteiger partial charge in [0.05, 0.1) is 12.0 Å². The van der Waals surface area contributed by atoms with Gasteiger partial charge in [-0.05, 0) is 74.6 Å². The molecule has 7 atom stereocenters. The number of Topliss-reactive ketones (excluding diaryl/α,β-unsaturated/α-hetero) is 1. The number of benzene rings is 1. The number of nitrogens with one attached hydrogen (secondary N) is 4. The number of esters is 1. The van der Waals surface area contributed by atoms with Crippen molar-refractivity contribution in [3.8, 4) is 5.75 Å². The van der Waals surface area contributed by atoms with E-state index in [2.05, 4.69) is 28.0 Å². The van der Waals surface area contributed by atoms with Crippen LogP contribution in [0.4, 0.5) is 0 Å². The highest BCUT2D eigenvalue weighted by atomic mass is 16.5. The molecular weight excluding hydrogens is 730 g/mol. The first-order valence-corrected chi connectivity index (χ1v) is 19.5. The number of phenolic OH excluding ortho intramolecular Hbond substituents is 1. The molecular formula is C43H59N5O9. The number of phenols is 1. The lowest BCUT2D eigenvalue weighted by molar-refractivity contribution is -0.156. The van der Waals surface area contributed by atoms with Crippen LogP contribution < -0.4 is 21.4 Å². The van der Waals surface area contributed by atoms with Crippen molar-refractivity contribution in [3.05, 3.63) is 90.6 Å². The number of nitrogens with zero attached hydrogens (tertiary/aromatic N) is 1. The number of hydrogen-bond donors (Lipinski definition) is 6. The lowest BCUT2D eigenvalue weighted by atomic mass is 9.85. The third-order valence-electron chi connectivity index (χ3n) is 9.90. The Morgan fingerprint density at radius 3 is 2.46 bits per heavy atom. The van der Waals surface area contributed by atoms with Gasteiger partial charge in [-0.3, -0.25) is 29.0 Å². The van der Waals surface area contributed by atoms with Gasteiger partial charge in [-0.25, -0.2) is 5.43 Å². The SMILES string of the molecule is C=CCNC(=O)/C=C/C=C(\C)[C@@H]1C/C=C/C=C/C[C@H](C)[C@@H](O)[C@@H](CCC(C)=O)C(=O)N[C@@H](C(C)C)C(=O)NC(c2cccc(O)c2)C(=O)N2CCCC(N2)C(=O)O1. The number of aliphatic hydroxyl groups is 1. The Hall–Kier alpha value is -5.34. The van der Waals surface area contributed by atoms with Crippen LogP contribution in [-0.2, 0) is 33.5 Å². The molecule has 0 aromatic heterocycles. The van der Waals surface area contributed by atoms with E-state index in [1.165, 1.54) is 36.2 Å². The van der Waals surface area contributed by atoms with Crippen molar-refractivity contribution in [2.24, 2.45) is 17.8 Å². The van der Waals surface area contributed by atoms with Gasteiger partial charge in [-0.2, -0.15) is 0 Å². The summed E-state index contributed by atoms with van der Waals surface area (Å²) in [5.74, 6) is -4.99.